The minimum atomic E-state index is 0.148. The highest BCUT2D eigenvalue weighted by Crippen LogP contribution is 2.37. The summed E-state index contributed by atoms with van der Waals surface area (Å²) in [7, 11) is 0. The van der Waals surface area contributed by atoms with E-state index in [-0.39, 0.29) is 5.91 Å². The van der Waals surface area contributed by atoms with E-state index < -0.39 is 0 Å². The molecule has 1 saturated heterocycles. The van der Waals surface area contributed by atoms with E-state index in [2.05, 4.69) is 22.5 Å². The first-order chi connectivity index (χ1) is 11.3. The van der Waals surface area contributed by atoms with E-state index in [0.29, 0.717) is 5.25 Å². The van der Waals surface area contributed by atoms with E-state index in [4.69, 9.17) is 0 Å². The second-order valence-corrected chi connectivity index (χ2v) is 7.99. The topological polar surface area (TPSA) is 36.1 Å². The van der Waals surface area contributed by atoms with Crippen molar-refractivity contribution in [2.24, 2.45) is 0 Å². The van der Waals surface area contributed by atoms with Gasteiger partial charge in [-0.05, 0) is 23.9 Å². The molecule has 1 aliphatic rings. The highest BCUT2D eigenvalue weighted by molar-refractivity contribution is 7.99. The summed E-state index contributed by atoms with van der Waals surface area (Å²) in [5, 5.41) is 3.68. The summed E-state index contributed by atoms with van der Waals surface area (Å²) >= 11 is 3.79. The molecule has 0 spiro atoms. The number of nitrogens with zero attached hydrogens (tertiary/aromatic N) is 1. The zero-order valence-corrected chi connectivity index (χ0v) is 14.3. The number of aromatic amines is 1. The summed E-state index contributed by atoms with van der Waals surface area (Å²) in [6.45, 7) is 1.65. The van der Waals surface area contributed by atoms with Gasteiger partial charge in [-0.25, -0.2) is 0 Å². The molecule has 23 heavy (non-hydrogen) atoms. The molecule has 118 valence electrons. The van der Waals surface area contributed by atoms with E-state index in [1.165, 1.54) is 4.88 Å². The standard InChI is InChI=1S/C18H18N2OS2/c21-18(14-12-19-15-5-2-1-4-13(14)15)20-8-7-17(23-11-9-20)16-6-3-10-22-16/h1-6,10,12,17,19H,7-9,11H2/t17-/m0/s1. The minimum Gasteiger partial charge on any atom is -0.360 e. The van der Waals surface area contributed by atoms with Gasteiger partial charge in [0.15, 0.2) is 0 Å². The van der Waals surface area contributed by atoms with Crippen molar-refractivity contribution in [1.29, 1.82) is 0 Å². The van der Waals surface area contributed by atoms with Gasteiger partial charge in [-0.15, -0.1) is 11.3 Å². The minimum absolute atomic E-state index is 0.148. The van der Waals surface area contributed by atoms with Crippen LogP contribution < -0.4 is 0 Å². The van der Waals surface area contributed by atoms with Crippen LogP contribution in [0.4, 0.5) is 0 Å². The van der Waals surface area contributed by atoms with Gasteiger partial charge in [0.2, 0.25) is 0 Å². The maximum atomic E-state index is 12.9. The van der Waals surface area contributed by atoms with Crippen molar-refractivity contribution in [3.05, 3.63) is 58.4 Å². The van der Waals surface area contributed by atoms with Crippen LogP contribution in [0.3, 0.4) is 0 Å². The predicted molar refractivity (Wildman–Crippen MR) is 98.3 cm³/mol. The Balaban J connectivity index is 1.53. The summed E-state index contributed by atoms with van der Waals surface area (Å²) in [6.07, 6.45) is 2.88. The molecular formula is C18H18N2OS2. The van der Waals surface area contributed by atoms with E-state index in [9.17, 15) is 4.79 Å². The molecule has 3 aromatic rings. The number of amides is 1. The quantitative estimate of drug-likeness (QED) is 0.742. The molecule has 1 N–H and O–H groups in total. The molecule has 3 heterocycles. The fourth-order valence-corrected chi connectivity index (χ4v) is 5.33. The number of fused-ring (bicyclic) bond motifs is 1. The Morgan fingerprint density at radius 2 is 2.09 bits per heavy atom. The molecular weight excluding hydrogens is 324 g/mol. The van der Waals surface area contributed by atoms with Gasteiger partial charge in [-0.2, -0.15) is 11.8 Å². The first kappa shape index (κ1) is 14.8. The number of thioether (sulfide) groups is 1. The summed E-state index contributed by atoms with van der Waals surface area (Å²) in [5.74, 6) is 1.14. The average molecular weight is 342 g/mol. The summed E-state index contributed by atoms with van der Waals surface area (Å²) in [4.78, 5) is 19.6. The van der Waals surface area contributed by atoms with Crippen molar-refractivity contribution in [3.63, 3.8) is 0 Å². The molecule has 0 saturated carbocycles. The third-order valence-corrected chi connectivity index (χ3v) is 6.75. The number of carbonyl (C=O) groups is 1. The highest BCUT2D eigenvalue weighted by atomic mass is 32.2. The lowest BCUT2D eigenvalue weighted by Crippen LogP contribution is -2.32. The van der Waals surface area contributed by atoms with Crippen LogP contribution in [-0.4, -0.2) is 34.6 Å². The summed E-state index contributed by atoms with van der Waals surface area (Å²) < 4.78 is 0. The maximum absolute atomic E-state index is 12.9. The highest BCUT2D eigenvalue weighted by Gasteiger charge is 2.24. The summed E-state index contributed by atoms with van der Waals surface area (Å²) in [6, 6.07) is 12.3. The fourth-order valence-electron chi connectivity index (χ4n) is 3.09. The SMILES string of the molecule is O=C(c1c[nH]c2ccccc12)N1CCS[C@H](c2cccs2)CC1. The third kappa shape index (κ3) is 2.91. The van der Waals surface area contributed by atoms with Crippen LogP contribution in [0.1, 0.15) is 26.9 Å². The van der Waals surface area contributed by atoms with Crippen molar-refractivity contribution >= 4 is 39.9 Å². The Morgan fingerprint density at radius 3 is 2.96 bits per heavy atom. The molecule has 1 atom stereocenters. The number of hydrogen-bond donors (Lipinski definition) is 1. The molecule has 0 bridgehead atoms. The van der Waals surface area contributed by atoms with Crippen LogP contribution in [0.5, 0.6) is 0 Å². The van der Waals surface area contributed by atoms with Gasteiger partial charge in [-0.3, -0.25) is 4.79 Å². The number of hydrogen-bond acceptors (Lipinski definition) is 3. The van der Waals surface area contributed by atoms with E-state index in [1.54, 1.807) is 0 Å². The smallest absolute Gasteiger partial charge is 0.256 e. The number of thiophene rings is 1. The van der Waals surface area contributed by atoms with Crippen LogP contribution in [0.25, 0.3) is 10.9 Å². The zero-order valence-electron chi connectivity index (χ0n) is 12.7. The maximum Gasteiger partial charge on any atom is 0.256 e. The van der Waals surface area contributed by atoms with Gasteiger partial charge in [0, 0.05) is 46.1 Å². The Morgan fingerprint density at radius 1 is 1.17 bits per heavy atom. The number of H-pyrrole nitrogens is 1. The monoisotopic (exact) mass is 342 g/mol. The molecule has 5 heteroatoms. The van der Waals surface area contributed by atoms with Gasteiger partial charge in [-0.1, -0.05) is 24.3 Å². The Bertz CT molecular complexity index is 809. The molecule has 4 rings (SSSR count). The van der Waals surface area contributed by atoms with Crippen molar-refractivity contribution in [2.75, 3.05) is 18.8 Å². The molecule has 1 aliphatic heterocycles. The lowest BCUT2D eigenvalue weighted by molar-refractivity contribution is 0.0768. The van der Waals surface area contributed by atoms with Crippen LogP contribution in [-0.2, 0) is 0 Å². The van der Waals surface area contributed by atoms with Crippen LogP contribution in [0.15, 0.2) is 48.0 Å². The molecule has 1 aromatic carbocycles. The van der Waals surface area contributed by atoms with E-state index >= 15 is 0 Å². The molecule has 0 unspecified atom stereocenters. The lowest BCUT2D eigenvalue weighted by Gasteiger charge is -2.19. The number of benzene rings is 1. The van der Waals surface area contributed by atoms with E-state index in [1.807, 2.05) is 58.5 Å². The van der Waals surface area contributed by atoms with Crippen molar-refractivity contribution in [2.45, 2.75) is 11.7 Å². The molecule has 1 amide bonds. The Kier molecular flexibility index (Phi) is 4.14. The molecule has 1 fully saturated rings. The lowest BCUT2D eigenvalue weighted by atomic mass is 10.1. The second-order valence-electron chi connectivity index (χ2n) is 5.70. The van der Waals surface area contributed by atoms with Gasteiger partial charge in [0.25, 0.3) is 5.91 Å². The second kappa shape index (κ2) is 6.42. The fraction of sp³-hybridized carbons (Fsp3) is 0.278. The van der Waals surface area contributed by atoms with Crippen LogP contribution >= 0.6 is 23.1 Å². The zero-order chi connectivity index (χ0) is 15.6. The molecule has 0 aliphatic carbocycles. The molecule has 3 nitrogen and oxygen atoms in total. The molecule has 0 radical (unpaired) electrons. The van der Waals surface area contributed by atoms with Gasteiger partial charge >= 0.3 is 0 Å². The first-order valence-corrected chi connectivity index (χ1v) is 9.76. The van der Waals surface area contributed by atoms with Gasteiger partial charge in [0.1, 0.15) is 0 Å². The number of nitrogens with one attached hydrogen (secondary N) is 1. The predicted octanol–water partition coefficient (Wildman–Crippen LogP) is 4.55. The third-order valence-electron chi connectivity index (χ3n) is 4.31. The van der Waals surface area contributed by atoms with E-state index in [0.717, 1.165) is 41.7 Å². The number of rotatable bonds is 2. The number of carbonyl (C=O) groups excluding carboxylic acids is 1. The van der Waals surface area contributed by atoms with Gasteiger partial charge < -0.3 is 9.88 Å². The Labute approximate surface area is 143 Å². The van der Waals surface area contributed by atoms with Crippen LogP contribution in [0.2, 0.25) is 0 Å². The first-order valence-electron chi connectivity index (χ1n) is 7.83. The van der Waals surface area contributed by atoms with Crippen LogP contribution in [0, 0.1) is 0 Å². The Hall–Kier alpha value is -1.72. The molecule has 2 aromatic heterocycles. The van der Waals surface area contributed by atoms with Crippen molar-refractivity contribution < 1.29 is 4.79 Å². The average Bonchev–Trinajstić information content (AvgIpc) is 3.19. The normalized spacial score (nSPS) is 19.0. The van der Waals surface area contributed by atoms with Gasteiger partial charge in [0.05, 0.1) is 5.56 Å². The largest absolute Gasteiger partial charge is 0.360 e. The van der Waals surface area contributed by atoms with Crippen molar-refractivity contribution in [1.82, 2.24) is 9.88 Å². The van der Waals surface area contributed by atoms with Crippen molar-refractivity contribution in [3.8, 4) is 0 Å². The summed E-state index contributed by atoms with van der Waals surface area (Å²) in [5.41, 5.74) is 1.82. The number of aromatic nitrogens is 1. The number of para-hydroxylation sites is 1.